The van der Waals surface area contributed by atoms with Gasteiger partial charge in [-0.1, -0.05) is 12.1 Å². The van der Waals surface area contributed by atoms with Crippen molar-refractivity contribution in [3.63, 3.8) is 0 Å². The Bertz CT molecular complexity index is 669. The molecule has 0 aliphatic rings. The molecule has 0 fully saturated rings. The van der Waals surface area contributed by atoms with Gasteiger partial charge in [-0.2, -0.15) is 0 Å². The first-order valence-corrected chi connectivity index (χ1v) is 8.58. The van der Waals surface area contributed by atoms with Crippen molar-refractivity contribution >= 4 is 41.5 Å². The molecule has 0 aliphatic carbocycles. The van der Waals surface area contributed by atoms with E-state index in [1.807, 2.05) is 43.3 Å². The summed E-state index contributed by atoms with van der Waals surface area (Å²) in [4.78, 5) is 15.6. The number of anilines is 1. The second kappa shape index (κ2) is 12.3. The van der Waals surface area contributed by atoms with Gasteiger partial charge >= 0.3 is 0 Å². The van der Waals surface area contributed by atoms with Crippen molar-refractivity contribution in [3.05, 3.63) is 54.0 Å². The highest BCUT2D eigenvalue weighted by molar-refractivity contribution is 14.0. The number of nitrogens with one attached hydrogen (secondary N) is 3. The third kappa shape index (κ3) is 8.37. The summed E-state index contributed by atoms with van der Waals surface area (Å²) in [5.41, 5.74) is 2.02. The van der Waals surface area contributed by atoms with Crippen LogP contribution in [0, 0.1) is 0 Å². The second-order valence-electron chi connectivity index (χ2n) is 5.64. The van der Waals surface area contributed by atoms with Crippen LogP contribution in [0.15, 0.2) is 52.1 Å². The summed E-state index contributed by atoms with van der Waals surface area (Å²) in [5.74, 6) is 1.69. The van der Waals surface area contributed by atoms with Gasteiger partial charge in [0.25, 0.3) is 0 Å². The highest BCUT2D eigenvalue weighted by atomic mass is 127. The van der Waals surface area contributed by atoms with Gasteiger partial charge in [-0.05, 0) is 43.2 Å². The smallest absolute Gasteiger partial charge is 0.221 e. The summed E-state index contributed by atoms with van der Waals surface area (Å²) in [6, 6.07) is 11.7. The largest absolute Gasteiger partial charge is 0.469 e. The molecule has 7 heteroatoms. The van der Waals surface area contributed by atoms with Crippen LogP contribution in [0.3, 0.4) is 0 Å². The molecule has 0 unspecified atom stereocenters. The standard InChI is InChI=1S/C19H26N4O2.HI/c1-3-20-19(22-13-11-18-5-4-14-25-18)21-12-10-16-6-8-17(9-7-16)23-15(2)24;/h4-9,14H,3,10-13H2,1-2H3,(H,23,24)(H2,20,21,22);1H. The van der Waals surface area contributed by atoms with Gasteiger partial charge in [-0.15, -0.1) is 24.0 Å². The summed E-state index contributed by atoms with van der Waals surface area (Å²) >= 11 is 0. The minimum absolute atomic E-state index is 0. The van der Waals surface area contributed by atoms with Gasteiger partial charge < -0.3 is 20.4 Å². The van der Waals surface area contributed by atoms with Crippen LogP contribution in [0.2, 0.25) is 0 Å². The normalized spacial score (nSPS) is 10.8. The molecule has 3 N–H and O–H groups in total. The lowest BCUT2D eigenvalue weighted by molar-refractivity contribution is -0.114. The van der Waals surface area contributed by atoms with Crippen LogP contribution in [0.5, 0.6) is 0 Å². The first-order chi connectivity index (χ1) is 12.2. The fraction of sp³-hybridized carbons (Fsp3) is 0.368. The molecule has 1 aromatic heterocycles. The van der Waals surface area contributed by atoms with Crippen molar-refractivity contribution in [2.45, 2.75) is 26.7 Å². The third-order valence-corrected chi connectivity index (χ3v) is 3.53. The van der Waals surface area contributed by atoms with Crippen LogP contribution in [0.4, 0.5) is 5.69 Å². The maximum Gasteiger partial charge on any atom is 0.221 e. The van der Waals surface area contributed by atoms with Gasteiger partial charge in [0.2, 0.25) is 5.91 Å². The quantitative estimate of drug-likeness (QED) is 0.315. The predicted octanol–water partition coefficient (Wildman–Crippen LogP) is 3.20. The monoisotopic (exact) mass is 470 g/mol. The summed E-state index contributed by atoms with van der Waals surface area (Å²) in [6.07, 6.45) is 3.34. The fourth-order valence-corrected chi connectivity index (χ4v) is 2.36. The number of halogens is 1. The van der Waals surface area contributed by atoms with Crippen molar-refractivity contribution < 1.29 is 9.21 Å². The zero-order valence-electron chi connectivity index (χ0n) is 15.2. The number of benzene rings is 1. The Morgan fingerprint density at radius 1 is 1.12 bits per heavy atom. The highest BCUT2D eigenvalue weighted by Gasteiger charge is 2.00. The number of guanidine groups is 1. The predicted molar refractivity (Wildman–Crippen MR) is 116 cm³/mol. The van der Waals surface area contributed by atoms with Crippen molar-refractivity contribution in [1.29, 1.82) is 0 Å². The Kier molecular flexibility index (Phi) is 10.5. The topological polar surface area (TPSA) is 78.7 Å². The number of nitrogens with zero attached hydrogens (tertiary/aromatic N) is 1. The molecule has 2 aromatic rings. The molecule has 1 heterocycles. The zero-order valence-corrected chi connectivity index (χ0v) is 17.6. The van der Waals surface area contributed by atoms with Gasteiger partial charge in [0.15, 0.2) is 5.96 Å². The van der Waals surface area contributed by atoms with E-state index in [1.165, 1.54) is 12.5 Å². The van der Waals surface area contributed by atoms with Gasteiger partial charge in [0.1, 0.15) is 5.76 Å². The van der Waals surface area contributed by atoms with Gasteiger partial charge in [-0.25, -0.2) is 0 Å². The number of furan rings is 1. The number of hydrogen-bond acceptors (Lipinski definition) is 3. The van der Waals surface area contributed by atoms with E-state index in [1.54, 1.807) is 6.26 Å². The minimum atomic E-state index is -0.0598. The van der Waals surface area contributed by atoms with E-state index in [0.717, 1.165) is 43.3 Å². The Morgan fingerprint density at radius 3 is 2.50 bits per heavy atom. The molecule has 0 bridgehead atoms. The molecular formula is C19H27IN4O2. The molecule has 0 atom stereocenters. The van der Waals surface area contributed by atoms with Gasteiger partial charge in [0.05, 0.1) is 6.26 Å². The van der Waals surface area contributed by atoms with Crippen molar-refractivity contribution in [1.82, 2.24) is 10.6 Å². The Labute approximate surface area is 171 Å². The van der Waals surface area contributed by atoms with E-state index in [0.29, 0.717) is 6.54 Å². The molecule has 1 amide bonds. The average molecular weight is 470 g/mol. The summed E-state index contributed by atoms with van der Waals surface area (Å²) in [7, 11) is 0. The fourth-order valence-electron chi connectivity index (χ4n) is 2.36. The molecule has 0 aliphatic heterocycles. The lowest BCUT2D eigenvalue weighted by atomic mass is 10.1. The SMILES string of the molecule is CCNC(=NCCc1ccco1)NCCc1ccc(NC(C)=O)cc1.I. The zero-order chi connectivity index (χ0) is 17.9. The summed E-state index contributed by atoms with van der Waals surface area (Å²) in [6.45, 7) is 5.83. The minimum Gasteiger partial charge on any atom is -0.469 e. The Hall–Kier alpha value is -2.03. The third-order valence-electron chi connectivity index (χ3n) is 3.53. The van der Waals surface area contributed by atoms with Crippen LogP contribution >= 0.6 is 24.0 Å². The molecule has 1 aromatic carbocycles. The van der Waals surface area contributed by atoms with E-state index in [2.05, 4.69) is 20.9 Å². The molecule has 0 spiro atoms. The van der Waals surface area contributed by atoms with Crippen LogP contribution in [-0.2, 0) is 17.6 Å². The van der Waals surface area contributed by atoms with Gasteiger partial charge in [-0.3, -0.25) is 9.79 Å². The first kappa shape index (κ1) is 22.0. The van der Waals surface area contributed by atoms with Gasteiger partial charge in [0, 0.05) is 38.7 Å². The maximum absolute atomic E-state index is 11.0. The summed E-state index contributed by atoms with van der Waals surface area (Å²) in [5, 5.41) is 9.34. The van der Waals surface area contributed by atoms with Crippen LogP contribution in [0.1, 0.15) is 25.2 Å². The molecule has 6 nitrogen and oxygen atoms in total. The van der Waals surface area contributed by atoms with E-state index >= 15 is 0 Å². The Balaban J connectivity index is 0.00000338. The highest BCUT2D eigenvalue weighted by Crippen LogP contribution is 2.09. The molecule has 0 radical (unpaired) electrons. The molecule has 0 saturated carbocycles. The van der Waals surface area contributed by atoms with Crippen molar-refractivity contribution in [2.24, 2.45) is 4.99 Å². The molecular weight excluding hydrogens is 443 g/mol. The maximum atomic E-state index is 11.0. The van der Waals surface area contributed by atoms with Crippen molar-refractivity contribution in [3.8, 4) is 0 Å². The Morgan fingerprint density at radius 2 is 1.88 bits per heavy atom. The molecule has 0 saturated heterocycles. The average Bonchev–Trinajstić information content (AvgIpc) is 3.09. The summed E-state index contributed by atoms with van der Waals surface area (Å²) < 4.78 is 5.31. The van der Waals surface area contributed by atoms with E-state index in [9.17, 15) is 4.79 Å². The molecule has 142 valence electrons. The van der Waals surface area contributed by atoms with Crippen LogP contribution < -0.4 is 16.0 Å². The lowest BCUT2D eigenvalue weighted by Gasteiger charge is -2.11. The number of carbonyl (C=O) groups is 1. The lowest BCUT2D eigenvalue weighted by Crippen LogP contribution is -2.38. The number of hydrogen-bond donors (Lipinski definition) is 3. The number of aliphatic imine (C=N–C) groups is 1. The first-order valence-electron chi connectivity index (χ1n) is 8.58. The van der Waals surface area contributed by atoms with Crippen molar-refractivity contribution in [2.75, 3.05) is 25.0 Å². The number of rotatable bonds is 8. The molecule has 2 rings (SSSR count). The van der Waals surface area contributed by atoms with E-state index in [-0.39, 0.29) is 29.9 Å². The number of carbonyl (C=O) groups excluding carboxylic acids is 1. The van der Waals surface area contributed by atoms with E-state index in [4.69, 9.17) is 4.42 Å². The van der Waals surface area contributed by atoms with Crippen LogP contribution in [0.25, 0.3) is 0 Å². The second-order valence-corrected chi connectivity index (χ2v) is 5.64. The number of amides is 1. The van der Waals surface area contributed by atoms with E-state index < -0.39 is 0 Å². The molecule has 26 heavy (non-hydrogen) atoms. The van der Waals surface area contributed by atoms with Crippen LogP contribution in [-0.4, -0.2) is 31.5 Å².